The molecular weight excluding hydrogens is 498 g/mol. The lowest BCUT2D eigenvalue weighted by Crippen LogP contribution is -2.55. The predicted molar refractivity (Wildman–Crippen MR) is 144 cm³/mol. The molecule has 1 saturated heterocycles. The highest BCUT2D eigenvalue weighted by Crippen LogP contribution is 2.46. The minimum Gasteiger partial charge on any atom is -0.508 e. The van der Waals surface area contributed by atoms with E-state index in [2.05, 4.69) is 10.2 Å². The highest BCUT2D eigenvalue weighted by molar-refractivity contribution is 5.93. The molecule has 0 spiro atoms. The van der Waals surface area contributed by atoms with Crippen LogP contribution in [0.5, 0.6) is 5.75 Å². The number of rotatable bonds is 8. The Morgan fingerprint density at radius 3 is 2.49 bits per heavy atom. The van der Waals surface area contributed by atoms with E-state index in [0.717, 1.165) is 40.7 Å². The molecule has 9 nitrogen and oxygen atoms in total. The first kappa shape index (κ1) is 26.8. The smallest absolute Gasteiger partial charge is 0.248 e. The third-order valence-electron chi connectivity index (χ3n) is 7.60. The molecule has 2 fully saturated rings. The Morgan fingerprint density at radius 1 is 1.10 bits per heavy atom. The fraction of sp³-hybridized carbons (Fsp3) is 0.333. The number of hydrogen-bond donors (Lipinski definition) is 5. The SMILES string of the molecule is Cc1cc(C(N)=O)ccc1-c1cc(O)cc(CN2CCOC[C@@H]2C(=O)NC2(c3ccc(C(O)O)cc3)CC2)c1. The van der Waals surface area contributed by atoms with Crippen LogP contribution in [0.3, 0.4) is 0 Å². The molecule has 9 heteroatoms. The zero-order valence-corrected chi connectivity index (χ0v) is 21.8. The zero-order chi connectivity index (χ0) is 27.7. The van der Waals surface area contributed by atoms with E-state index in [0.29, 0.717) is 30.8 Å². The summed E-state index contributed by atoms with van der Waals surface area (Å²) in [6, 6.07) is 17.0. The molecule has 3 aromatic rings. The van der Waals surface area contributed by atoms with Gasteiger partial charge >= 0.3 is 0 Å². The Bertz CT molecular complexity index is 1380. The van der Waals surface area contributed by atoms with Gasteiger partial charge in [-0.2, -0.15) is 0 Å². The van der Waals surface area contributed by atoms with Crippen LogP contribution >= 0.6 is 0 Å². The molecule has 1 atom stereocenters. The van der Waals surface area contributed by atoms with Crippen LogP contribution in [0, 0.1) is 6.92 Å². The number of nitrogens with two attached hydrogens (primary N) is 1. The number of phenols is 1. The molecule has 204 valence electrons. The van der Waals surface area contributed by atoms with E-state index >= 15 is 0 Å². The first-order valence-corrected chi connectivity index (χ1v) is 13.0. The number of primary amides is 1. The number of aliphatic hydroxyl groups is 2. The highest BCUT2D eigenvalue weighted by atomic mass is 16.5. The van der Waals surface area contributed by atoms with Crippen LogP contribution in [0.15, 0.2) is 60.7 Å². The van der Waals surface area contributed by atoms with Gasteiger partial charge in [-0.05, 0) is 77.9 Å². The molecule has 39 heavy (non-hydrogen) atoms. The lowest BCUT2D eigenvalue weighted by molar-refractivity contribution is -0.134. The second kappa shape index (κ2) is 10.8. The molecule has 0 aromatic heterocycles. The Morgan fingerprint density at radius 2 is 1.85 bits per heavy atom. The van der Waals surface area contributed by atoms with Gasteiger partial charge in [0.05, 0.1) is 18.8 Å². The molecule has 1 aliphatic carbocycles. The van der Waals surface area contributed by atoms with Crippen LogP contribution in [-0.2, 0) is 21.6 Å². The van der Waals surface area contributed by atoms with Crippen molar-refractivity contribution in [2.24, 2.45) is 5.73 Å². The summed E-state index contributed by atoms with van der Waals surface area (Å²) in [6.07, 6.45) is 0.0713. The van der Waals surface area contributed by atoms with Crippen LogP contribution in [0.4, 0.5) is 0 Å². The Kier molecular flexibility index (Phi) is 7.42. The summed E-state index contributed by atoms with van der Waals surface area (Å²) in [5.41, 5.74) is 10.1. The van der Waals surface area contributed by atoms with E-state index in [4.69, 9.17) is 10.5 Å². The molecular formula is C30H33N3O6. The summed E-state index contributed by atoms with van der Waals surface area (Å²) >= 11 is 0. The van der Waals surface area contributed by atoms with Gasteiger partial charge in [0.2, 0.25) is 11.8 Å². The third kappa shape index (κ3) is 5.81. The summed E-state index contributed by atoms with van der Waals surface area (Å²) in [7, 11) is 0. The number of aromatic hydroxyl groups is 1. The van der Waals surface area contributed by atoms with Gasteiger partial charge in [-0.25, -0.2) is 0 Å². The van der Waals surface area contributed by atoms with Crippen LogP contribution in [0.25, 0.3) is 11.1 Å². The van der Waals surface area contributed by atoms with Gasteiger partial charge in [0.25, 0.3) is 0 Å². The molecule has 0 radical (unpaired) electrons. The lowest BCUT2D eigenvalue weighted by atomic mass is 9.96. The summed E-state index contributed by atoms with van der Waals surface area (Å²) in [4.78, 5) is 27.1. The lowest BCUT2D eigenvalue weighted by Gasteiger charge is -2.35. The standard InChI is InChI=1S/C30H33N3O6/c1-18-12-21(27(31)35)4-7-25(18)22-13-19(14-24(34)15-22)16-33-10-11-39-17-26(33)28(36)32-30(8-9-30)23-5-2-20(3-6-23)29(37)38/h2-7,12-15,26,29,34,37-38H,8-11,16-17H2,1H3,(H2,31,35)(H,32,36)/t26-/m1/s1. The normalized spacial score (nSPS) is 18.6. The van der Waals surface area contributed by atoms with Gasteiger partial charge in [0, 0.05) is 24.2 Å². The van der Waals surface area contributed by atoms with Gasteiger partial charge in [-0.3, -0.25) is 14.5 Å². The van der Waals surface area contributed by atoms with Crippen molar-refractivity contribution in [3.63, 3.8) is 0 Å². The van der Waals surface area contributed by atoms with Crippen molar-refractivity contribution >= 4 is 11.8 Å². The number of aliphatic hydroxyl groups excluding tert-OH is 1. The van der Waals surface area contributed by atoms with Crippen molar-refractivity contribution in [3.8, 4) is 16.9 Å². The van der Waals surface area contributed by atoms with E-state index in [-0.39, 0.29) is 18.3 Å². The minimum absolute atomic E-state index is 0.114. The van der Waals surface area contributed by atoms with Crippen molar-refractivity contribution in [1.29, 1.82) is 0 Å². The molecule has 6 N–H and O–H groups in total. The van der Waals surface area contributed by atoms with E-state index in [9.17, 15) is 24.9 Å². The molecule has 0 bridgehead atoms. The van der Waals surface area contributed by atoms with E-state index < -0.39 is 23.8 Å². The summed E-state index contributed by atoms with van der Waals surface area (Å²) in [5, 5.41) is 32.5. The maximum Gasteiger partial charge on any atom is 0.248 e. The molecule has 1 aliphatic heterocycles. The third-order valence-corrected chi connectivity index (χ3v) is 7.60. The summed E-state index contributed by atoms with van der Waals surface area (Å²) in [6.45, 7) is 3.65. The first-order valence-electron chi connectivity index (χ1n) is 13.0. The second-order valence-corrected chi connectivity index (χ2v) is 10.4. The molecule has 5 rings (SSSR count). The van der Waals surface area contributed by atoms with Crippen molar-refractivity contribution in [2.45, 2.75) is 44.2 Å². The second-order valence-electron chi connectivity index (χ2n) is 10.4. The molecule has 2 aliphatic rings. The quantitative estimate of drug-likeness (QED) is 0.281. The number of carbonyl (C=O) groups is 2. The van der Waals surface area contributed by atoms with E-state index in [1.165, 1.54) is 0 Å². The van der Waals surface area contributed by atoms with Gasteiger partial charge in [0.15, 0.2) is 6.29 Å². The largest absolute Gasteiger partial charge is 0.508 e. The fourth-order valence-electron chi connectivity index (χ4n) is 5.27. The molecule has 1 saturated carbocycles. The average molecular weight is 532 g/mol. The van der Waals surface area contributed by atoms with Crippen molar-refractivity contribution in [3.05, 3.63) is 88.5 Å². The van der Waals surface area contributed by atoms with Crippen molar-refractivity contribution < 1.29 is 29.6 Å². The first-order chi connectivity index (χ1) is 18.6. The van der Waals surface area contributed by atoms with Crippen LogP contribution in [0.2, 0.25) is 0 Å². The maximum absolute atomic E-state index is 13.5. The molecule has 2 amide bonds. The number of carbonyl (C=O) groups excluding carboxylic acids is 2. The number of phenolic OH excluding ortho intramolecular Hbond substituents is 1. The number of ether oxygens (including phenoxy) is 1. The summed E-state index contributed by atoms with van der Waals surface area (Å²) < 4.78 is 5.67. The Labute approximate surface area is 226 Å². The topological polar surface area (TPSA) is 145 Å². The maximum atomic E-state index is 13.5. The van der Waals surface area contributed by atoms with Gasteiger partial charge in [-0.15, -0.1) is 0 Å². The van der Waals surface area contributed by atoms with Gasteiger partial charge < -0.3 is 31.1 Å². The monoisotopic (exact) mass is 531 g/mol. The van der Waals surface area contributed by atoms with Crippen molar-refractivity contribution in [1.82, 2.24) is 10.2 Å². The van der Waals surface area contributed by atoms with Gasteiger partial charge in [0.1, 0.15) is 11.8 Å². The highest BCUT2D eigenvalue weighted by Gasteiger charge is 2.47. The average Bonchev–Trinajstić information content (AvgIpc) is 3.69. The molecule has 3 aromatic carbocycles. The molecule has 1 heterocycles. The number of hydrogen-bond acceptors (Lipinski definition) is 7. The number of nitrogens with zero attached hydrogens (tertiary/aromatic N) is 1. The van der Waals surface area contributed by atoms with E-state index in [1.54, 1.807) is 36.4 Å². The van der Waals surface area contributed by atoms with Gasteiger partial charge in [-0.1, -0.05) is 30.3 Å². The number of aryl methyl sites for hydroxylation is 1. The van der Waals surface area contributed by atoms with Crippen LogP contribution < -0.4 is 11.1 Å². The number of nitrogens with one attached hydrogen (secondary N) is 1. The Hall–Kier alpha value is -3.76. The Balaban J connectivity index is 1.33. The zero-order valence-electron chi connectivity index (χ0n) is 21.8. The minimum atomic E-state index is -1.53. The number of amides is 2. The van der Waals surface area contributed by atoms with E-state index in [1.807, 2.05) is 31.2 Å². The molecule has 0 unspecified atom stereocenters. The number of morpholine rings is 1. The predicted octanol–water partition coefficient (Wildman–Crippen LogP) is 2.46. The fourth-order valence-corrected chi connectivity index (χ4v) is 5.27. The van der Waals surface area contributed by atoms with Crippen molar-refractivity contribution in [2.75, 3.05) is 19.8 Å². The summed E-state index contributed by atoms with van der Waals surface area (Å²) in [5.74, 6) is -0.507. The van der Waals surface area contributed by atoms with Crippen LogP contribution in [0.1, 0.15) is 51.7 Å². The van der Waals surface area contributed by atoms with Crippen LogP contribution in [-0.4, -0.2) is 57.8 Å². The number of benzene rings is 3.